The zero-order chi connectivity index (χ0) is 13.0. The molecule has 18 heavy (non-hydrogen) atoms. The summed E-state index contributed by atoms with van der Waals surface area (Å²) in [6, 6.07) is 7.49. The molecule has 0 bridgehead atoms. The Kier molecular flexibility index (Phi) is 3.54. The number of ether oxygens (including phenoxy) is 1. The minimum atomic E-state index is -0.0343. The zero-order valence-corrected chi connectivity index (χ0v) is 10.0. The van der Waals surface area contributed by atoms with E-state index in [-0.39, 0.29) is 6.04 Å². The fraction of sp³-hybridized carbons (Fsp3) is 0.364. The average Bonchev–Trinajstić information content (AvgIpc) is 2.77. The lowest BCUT2D eigenvalue weighted by molar-refractivity contribution is 0.415. The molecule has 0 amide bonds. The molecule has 2 rings (SSSR count). The minimum Gasteiger partial charge on any atom is -0.497 e. The van der Waals surface area contributed by atoms with Crippen molar-refractivity contribution in [2.45, 2.75) is 6.04 Å². The Hall–Kier alpha value is -2.40. The highest BCUT2D eigenvalue weighted by molar-refractivity contribution is 5.97. The molecule has 0 aliphatic carbocycles. The first-order valence-corrected chi connectivity index (χ1v) is 5.50. The molecule has 7 nitrogen and oxygen atoms in total. The van der Waals surface area contributed by atoms with Crippen molar-refractivity contribution < 1.29 is 4.74 Å². The smallest absolute Gasteiger partial charge is 0.196 e. The Morgan fingerprint density at radius 2 is 2.50 bits per heavy atom. The van der Waals surface area contributed by atoms with Crippen molar-refractivity contribution >= 4 is 11.6 Å². The normalized spacial score (nSPS) is 18.2. The van der Waals surface area contributed by atoms with Crippen LogP contribution in [0.5, 0.6) is 5.75 Å². The van der Waals surface area contributed by atoms with Crippen molar-refractivity contribution in [3.63, 3.8) is 0 Å². The molecule has 0 spiro atoms. The van der Waals surface area contributed by atoms with Crippen LogP contribution < -0.4 is 15.4 Å². The monoisotopic (exact) mass is 246 g/mol. The number of aliphatic imine (C=N–C) groups is 1. The van der Waals surface area contributed by atoms with Crippen LogP contribution in [-0.2, 0) is 0 Å². The van der Waals surface area contributed by atoms with E-state index in [1.807, 2.05) is 29.2 Å². The maximum atomic E-state index is 8.38. The summed E-state index contributed by atoms with van der Waals surface area (Å²) in [4.78, 5) is 8.81. The summed E-state index contributed by atoms with van der Waals surface area (Å²) in [5.41, 5.74) is 15.1. The Balaban J connectivity index is 2.27. The summed E-state index contributed by atoms with van der Waals surface area (Å²) in [5, 5.41) is 3.59. The number of nitrogens with two attached hydrogens (primary N) is 1. The predicted octanol–water partition coefficient (Wildman–Crippen LogP) is 1.51. The van der Waals surface area contributed by atoms with Crippen LogP contribution in [0.3, 0.4) is 0 Å². The van der Waals surface area contributed by atoms with Crippen LogP contribution in [0, 0.1) is 0 Å². The lowest BCUT2D eigenvalue weighted by atomic mass is 10.2. The quantitative estimate of drug-likeness (QED) is 0.495. The van der Waals surface area contributed by atoms with Gasteiger partial charge in [-0.1, -0.05) is 11.2 Å². The second-order valence-corrected chi connectivity index (χ2v) is 3.84. The molecule has 0 aromatic heterocycles. The van der Waals surface area contributed by atoms with E-state index in [9.17, 15) is 0 Å². The third-order valence-corrected chi connectivity index (χ3v) is 2.76. The first-order valence-electron chi connectivity index (χ1n) is 5.50. The van der Waals surface area contributed by atoms with E-state index in [0.29, 0.717) is 19.0 Å². The van der Waals surface area contributed by atoms with Gasteiger partial charge in [0, 0.05) is 23.2 Å². The molecular weight excluding hydrogens is 232 g/mol. The number of hydrogen-bond donors (Lipinski definition) is 1. The summed E-state index contributed by atoms with van der Waals surface area (Å²) in [6.07, 6.45) is 0. The number of guanidine groups is 1. The van der Waals surface area contributed by atoms with E-state index in [0.717, 1.165) is 11.4 Å². The number of anilines is 1. The van der Waals surface area contributed by atoms with Crippen molar-refractivity contribution in [3.05, 3.63) is 34.7 Å². The van der Waals surface area contributed by atoms with E-state index >= 15 is 0 Å². The number of methoxy groups -OCH3 is 1. The number of benzene rings is 1. The van der Waals surface area contributed by atoms with Gasteiger partial charge < -0.3 is 15.4 Å². The van der Waals surface area contributed by atoms with E-state index < -0.39 is 0 Å². The highest BCUT2D eigenvalue weighted by atomic mass is 16.5. The Labute approximate surface area is 104 Å². The molecule has 1 atom stereocenters. The Morgan fingerprint density at radius 1 is 1.67 bits per heavy atom. The van der Waals surface area contributed by atoms with Crippen molar-refractivity contribution in [1.82, 2.24) is 0 Å². The molecular formula is C11H14N6O. The maximum Gasteiger partial charge on any atom is 0.196 e. The third kappa shape index (κ3) is 2.31. The first kappa shape index (κ1) is 12.1. The van der Waals surface area contributed by atoms with E-state index in [1.54, 1.807) is 7.11 Å². The minimum absolute atomic E-state index is 0.0343. The molecule has 1 heterocycles. The number of nitrogens with zero attached hydrogens (tertiary/aromatic N) is 5. The summed E-state index contributed by atoms with van der Waals surface area (Å²) in [6.45, 7) is 0.861. The molecule has 1 aromatic rings. The number of hydrogen-bond acceptors (Lipinski definition) is 5. The van der Waals surface area contributed by atoms with Crippen molar-refractivity contribution in [2.24, 2.45) is 15.8 Å². The van der Waals surface area contributed by atoms with Crippen LogP contribution in [-0.4, -0.2) is 32.2 Å². The molecule has 2 N–H and O–H groups in total. The largest absolute Gasteiger partial charge is 0.497 e. The molecule has 0 fully saturated rings. The summed E-state index contributed by atoms with van der Waals surface area (Å²) >= 11 is 0. The van der Waals surface area contributed by atoms with Gasteiger partial charge in [0.1, 0.15) is 5.75 Å². The van der Waals surface area contributed by atoms with Gasteiger partial charge in [-0.05, 0) is 17.7 Å². The zero-order valence-electron chi connectivity index (χ0n) is 10.0. The maximum absolute atomic E-state index is 8.38. The molecule has 1 unspecified atom stereocenters. The van der Waals surface area contributed by atoms with Crippen LogP contribution >= 0.6 is 0 Å². The lowest BCUT2D eigenvalue weighted by Gasteiger charge is -2.25. The van der Waals surface area contributed by atoms with Gasteiger partial charge in [0.15, 0.2) is 5.96 Å². The van der Waals surface area contributed by atoms with Crippen LogP contribution in [0.1, 0.15) is 0 Å². The van der Waals surface area contributed by atoms with Gasteiger partial charge >= 0.3 is 0 Å². The highest BCUT2D eigenvalue weighted by Gasteiger charge is 2.26. The van der Waals surface area contributed by atoms with Gasteiger partial charge in [0.05, 0.1) is 19.7 Å². The molecule has 1 aliphatic heterocycles. The molecule has 0 saturated heterocycles. The molecule has 0 saturated carbocycles. The van der Waals surface area contributed by atoms with Gasteiger partial charge in [-0.15, -0.1) is 0 Å². The van der Waals surface area contributed by atoms with Crippen molar-refractivity contribution in [2.75, 3.05) is 25.1 Å². The van der Waals surface area contributed by atoms with Gasteiger partial charge in [0.25, 0.3) is 0 Å². The fourth-order valence-corrected chi connectivity index (χ4v) is 1.92. The SMILES string of the molecule is COc1cccc(N2C(N)=NCC2CN=[N+]=[N-])c1. The summed E-state index contributed by atoms with van der Waals surface area (Å²) < 4.78 is 5.18. The van der Waals surface area contributed by atoms with Crippen LogP contribution in [0.25, 0.3) is 10.4 Å². The average molecular weight is 246 g/mol. The van der Waals surface area contributed by atoms with Gasteiger partial charge in [0.2, 0.25) is 0 Å². The van der Waals surface area contributed by atoms with Gasteiger partial charge in [-0.2, -0.15) is 0 Å². The second-order valence-electron chi connectivity index (χ2n) is 3.84. The molecule has 0 radical (unpaired) electrons. The molecule has 7 heteroatoms. The van der Waals surface area contributed by atoms with E-state index in [4.69, 9.17) is 16.0 Å². The van der Waals surface area contributed by atoms with E-state index in [1.165, 1.54) is 0 Å². The lowest BCUT2D eigenvalue weighted by Crippen LogP contribution is -2.42. The summed E-state index contributed by atoms with van der Waals surface area (Å²) in [7, 11) is 1.61. The summed E-state index contributed by atoms with van der Waals surface area (Å²) in [5.74, 6) is 1.18. The highest BCUT2D eigenvalue weighted by Crippen LogP contribution is 2.25. The van der Waals surface area contributed by atoms with Crippen LogP contribution in [0.15, 0.2) is 34.4 Å². The fourth-order valence-electron chi connectivity index (χ4n) is 1.92. The molecule has 94 valence electrons. The standard InChI is InChI=1S/C11H14N6O/c1-18-10-4-2-3-8(5-10)17-9(7-15-16-13)6-14-11(17)12/h2-5,9H,6-7H2,1H3,(H2,12,14). The molecule has 1 aliphatic rings. The van der Waals surface area contributed by atoms with E-state index in [2.05, 4.69) is 15.0 Å². The van der Waals surface area contributed by atoms with Crippen LogP contribution in [0.4, 0.5) is 5.69 Å². The molecule has 1 aromatic carbocycles. The van der Waals surface area contributed by atoms with Crippen molar-refractivity contribution in [3.8, 4) is 5.75 Å². The number of azide groups is 1. The van der Waals surface area contributed by atoms with Gasteiger partial charge in [-0.25, -0.2) is 0 Å². The van der Waals surface area contributed by atoms with Crippen LogP contribution in [0.2, 0.25) is 0 Å². The first-order chi connectivity index (χ1) is 8.76. The number of rotatable bonds is 4. The Morgan fingerprint density at radius 3 is 3.22 bits per heavy atom. The second kappa shape index (κ2) is 5.29. The van der Waals surface area contributed by atoms with Crippen molar-refractivity contribution in [1.29, 1.82) is 0 Å². The van der Waals surface area contributed by atoms with Gasteiger partial charge in [-0.3, -0.25) is 4.99 Å². The predicted molar refractivity (Wildman–Crippen MR) is 69.8 cm³/mol. The topological polar surface area (TPSA) is 99.6 Å². The Bertz CT molecular complexity index is 508. The third-order valence-electron chi connectivity index (χ3n) is 2.76.